The molecule has 9 heteroatoms. The average molecular weight is 394 g/mol. The highest BCUT2D eigenvalue weighted by atomic mass is 16.6. The van der Waals surface area contributed by atoms with Gasteiger partial charge in [0.05, 0.1) is 6.04 Å². The van der Waals surface area contributed by atoms with Crippen molar-refractivity contribution in [3.8, 4) is 11.5 Å². The summed E-state index contributed by atoms with van der Waals surface area (Å²) in [5.41, 5.74) is 0.851. The Labute approximate surface area is 168 Å². The fourth-order valence-corrected chi connectivity index (χ4v) is 3.11. The number of carbonyl (C=O) groups excluding carboxylic acids is 1. The molecule has 0 saturated carbocycles. The van der Waals surface area contributed by atoms with E-state index in [1.54, 1.807) is 17.2 Å². The molecule has 0 bridgehead atoms. The summed E-state index contributed by atoms with van der Waals surface area (Å²) < 4.78 is 11.0. The molecule has 2 aromatic heterocycles. The van der Waals surface area contributed by atoms with Crippen molar-refractivity contribution in [2.75, 3.05) is 16.8 Å². The van der Waals surface area contributed by atoms with E-state index >= 15 is 0 Å². The number of benzene rings is 1. The molecule has 1 amide bonds. The van der Waals surface area contributed by atoms with Gasteiger partial charge in [0, 0.05) is 11.8 Å². The molecule has 1 N–H and O–H groups in total. The number of carbonyl (C=O) groups is 1. The molecule has 1 aliphatic rings. The van der Waals surface area contributed by atoms with Gasteiger partial charge in [0.2, 0.25) is 17.7 Å². The quantitative estimate of drug-likeness (QED) is 0.675. The molecule has 4 rings (SSSR count). The molecule has 3 aromatic rings. The van der Waals surface area contributed by atoms with Gasteiger partial charge in [-0.25, -0.2) is 9.78 Å². The highest BCUT2D eigenvalue weighted by Gasteiger charge is 2.37. The number of aromatic nitrogens is 4. The van der Waals surface area contributed by atoms with Crippen LogP contribution in [0.5, 0.6) is 0 Å². The zero-order valence-electron chi connectivity index (χ0n) is 16.4. The summed E-state index contributed by atoms with van der Waals surface area (Å²) in [5.74, 6) is 1.95. The van der Waals surface area contributed by atoms with E-state index < -0.39 is 6.09 Å². The number of ether oxygens (including phenoxy) is 1. The van der Waals surface area contributed by atoms with Crippen LogP contribution in [0.1, 0.15) is 32.7 Å². The Balaban J connectivity index is 1.51. The van der Waals surface area contributed by atoms with Crippen molar-refractivity contribution >= 4 is 17.9 Å². The van der Waals surface area contributed by atoms with Gasteiger partial charge in [-0.15, -0.1) is 10.2 Å². The maximum Gasteiger partial charge on any atom is 0.415 e. The van der Waals surface area contributed by atoms with Crippen LogP contribution in [-0.2, 0) is 4.74 Å². The molecular formula is C20H22N6O3. The summed E-state index contributed by atoms with van der Waals surface area (Å²) in [6.07, 6.45) is 1.20. The van der Waals surface area contributed by atoms with Gasteiger partial charge >= 0.3 is 6.09 Å². The van der Waals surface area contributed by atoms with Crippen LogP contribution in [0.25, 0.3) is 11.5 Å². The van der Waals surface area contributed by atoms with Gasteiger partial charge in [0.1, 0.15) is 18.5 Å². The molecule has 1 fully saturated rings. The molecule has 150 valence electrons. The number of cyclic esters (lactones) is 1. The van der Waals surface area contributed by atoms with Gasteiger partial charge in [0.25, 0.3) is 0 Å². The molecule has 0 radical (unpaired) electrons. The second kappa shape index (κ2) is 7.86. The lowest BCUT2D eigenvalue weighted by Crippen LogP contribution is -2.37. The van der Waals surface area contributed by atoms with Crippen LogP contribution in [0, 0.1) is 5.92 Å². The van der Waals surface area contributed by atoms with E-state index in [0.717, 1.165) is 5.56 Å². The summed E-state index contributed by atoms with van der Waals surface area (Å²) in [7, 11) is 0. The van der Waals surface area contributed by atoms with Crippen molar-refractivity contribution in [2.24, 2.45) is 5.92 Å². The predicted octanol–water partition coefficient (Wildman–Crippen LogP) is 3.68. The maximum atomic E-state index is 12.2. The van der Waals surface area contributed by atoms with Crippen LogP contribution in [0.2, 0.25) is 0 Å². The zero-order valence-corrected chi connectivity index (χ0v) is 16.4. The normalized spacial score (nSPS) is 17.4. The van der Waals surface area contributed by atoms with Gasteiger partial charge < -0.3 is 14.5 Å². The zero-order chi connectivity index (χ0) is 20.4. The Bertz CT molecular complexity index is 991. The monoisotopic (exact) mass is 394 g/mol. The minimum atomic E-state index is -0.397. The summed E-state index contributed by atoms with van der Waals surface area (Å²) in [6, 6.07) is 10.9. The van der Waals surface area contributed by atoms with Crippen LogP contribution >= 0.6 is 0 Å². The summed E-state index contributed by atoms with van der Waals surface area (Å²) in [6.45, 7) is 6.31. The Hall–Kier alpha value is -3.49. The van der Waals surface area contributed by atoms with Gasteiger partial charge in [-0.2, -0.15) is 4.98 Å². The smallest absolute Gasteiger partial charge is 0.415 e. The molecule has 2 atom stereocenters. The molecule has 29 heavy (non-hydrogen) atoms. The highest BCUT2D eigenvalue weighted by molar-refractivity contribution is 5.89. The topological polar surface area (TPSA) is 106 Å². The lowest BCUT2D eigenvalue weighted by atomic mass is 10.0. The Morgan fingerprint density at radius 3 is 2.69 bits per heavy atom. The third-order valence-corrected chi connectivity index (χ3v) is 4.74. The molecule has 1 aliphatic heterocycles. The Kier molecular flexibility index (Phi) is 5.11. The molecule has 1 aromatic carbocycles. The van der Waals surface area contributed by atoms with Crippen LogP contribution in [0.15, 0.2) is 47.0 Å². The fraction of sp³-hybridized carbons (Fsp3) is 0.350. The first-order valence-electron chi connectivity index (χ1n) is 9.47. The number of amides is 1. The molecule has 1 saturated heterocycles. The van der Waals surface area contributed by atoms with E-state index in [9.17, 15) is 4.79 Å². The first kappa shape index (κ1) is 18.9. The number of nitrogens with zero attached hydrogens (tertiary/aromatic N) is 5. The van der Waals surface area contributed by atoms with Gasteiger partial charge in [0.15, 0.2) is 0 Å². The average Bonchev–Trinajstić information content (AvgIpc) is 3.36. The molecule has 0 aliphatic carbocycles. The number of hydrogen-bond acceptors (Lipinski definition) is 8. The maximum absolute atomic E-state index is 12.2. The molecular weight excluding hydrogens is 372 g/mol. The Morgan fingerprint density at radius 1 is 1.14 bits per heavy atom. The highest BCUT2D eigenvalue weighted by Crippen LogP contribution is 2.27. The van der Waals surface area contributed by atoms with E-state index in [4.69, 9.17) is 9.15 Å². The number of anilines is 2. The molecule has 0 unspecified atom stereocenters. The second-order valence-electron chi connectivity index (χ2n) is 7.17. The van der Waals surface area contributed by atoms with Crippen LogP contribution in [0.4, 0.5) is 16.6 Å². The number of rotatable bonds is 6. The first-order chi connectivity index (χ1) is 14.0. The van der Waals surface area contributed by atoms with Crippen molar-refractivity contribution in [3.63, 3.8) is 0 Å². The van der Waals surface area contributed by atoms with E-state index in [1.807, 2.05) is 51.1 Å². The van der Waals surface area contributed by atoms with Crippen molar-refractivity contribution in [2.45, 2.75) is 32.9 Å². The third-order valence-electron chi connectivity index (χ3n) is 4.74. The predicted molar refractivity (Wildman–Crippen MR) is 106 cm³/mol. The van der Waals surface area contributed by atoms with Crippen molar-refractivity contribution in [3.05, 3.63) is 48.5 Å². The van der Waals surface area contributed by atoms with E-state index in [-0.39, 0.29) is 18.0 Å². The van der Waals surface area contributed by atoms with Crippen LogP contribution in [0.3, 0.4) is 0 Å². The Morgan fingerprint density at radius 2 is 1.93 bits per heavy atom. The van der Waals surface area contributed by atoms with Gasteiger partial charge in [-0.3, -0.25) is 4.90 Å². The van der Waals surface area contributed by atoms with E-state index in [2.05, 4.69) is 25.5 Å². The van der Waals surface area contributed by atoms with Crippen molar-refractivity contribution in [1.82, 2.24) is 20.2 Å². The summed E-state index contributed by atoms with van der Waals surface area (Å²) >= 11 is 0. The van der Waals surface area contributed by atoms with E-state index in [1.165, 1.54) is 0 Å². The van der Waals surface area contributed by atoms with Crippen LogP contribution in [-0.4, -0.2) is 38.9 Å². The van der Waals surface area contributed by atoms with Crippen LogP contribution < -0.4 is 10.2 Å². The lowest BCUT2D eigenvalue weighted by Gasteiger charge is -2.23. The van der Waals surface area contributed by atoms with Gasteiger partial charge in [-0.05, 0) is 31.0 Å². The van der Waals surface area contributed by atoms with E-state index in [0.29, 0.717) is 30.2 Å². The SMILES string of the molecule is CC(C)[C@H]1COC(=O)N1c1ccnc(N[C@@H](C)c2nnc(-c3ccccc3)o2)n1. The summed E-state index contributed by atoms with van der Waals surface area (Å²) in [5, 5.41) is 11.4. The fourth-order valence-electron chi connectivity index (χ4n) is 3.11. The van der Waals surface area contributed by atoms with Crippen molar-refractivity contribution in [1.29, 1.82) is 0 Å². The number of hydrogen-bond donors (Lipinski definition) is 1. The minimum absolute atomic E-state index is 0.0629. The van der Waals surface area contributed by atoms with Crippen molar-refractivity contribution < 1.29 is 13.9 Å². The molecule has 3 heterocycles. The standard InChI is InChI=1S/C20H22N6O3/c1-12(2)15-11-28-20(27)26(15)16-9-10-21-19(23-16)22-13(3)17-24-25-18(29-17)14-7-5-4-6-8-14/h4-10,12-13,15H,11H2,1-3H3,(H,21,22,23)/t13-,15+/m0/s1. The lowest BCUT2D eigenvalue weighted by molar-refractivity contribution is 0.177. The first-order valence-corrected chi connectivity index (χ1v) is 9.47. The third kappa shape index (κ3) is 3.89. The second-order valence-corrected chi connectivity index (χ2v) is 7.17. The minimum Gasteiger partial charge on any atom is -0.447 e. The summed E-state index contributed by atoms with van der Waals surface area (Å²) in [4.78, 5) is 22.5. The molecule has 0 spiro atoms. The largest absolute Gasteiger partial charge is 0.447 e. The number of nitrogens with one attached hydrogen (secondary N) is 1. The molecule has 9 nitrogen and oxygen atoms in total. The van der Waals surface area contributed by atoms with Gasteiger partial charge in [-0.1, -0.05) is 32.0 Å².